The summed E-state index contributed by atoms with van der Waals surface area (Å²) in [6.07, 6.45) is 6.78. The first-order chi connectivity index (χ1) is 22.3. The number of carbonyl (C=O) groups excluding carboxylic acids is 3. The van der Waals surface area contributed by atoms with E-state index in [4.69, 9.17) is 16.3 Å². The molecule has 1 N–H and O–H groups in total. The first-order valence-corrected chi connectivity index (χ1v) is 17.5. The van der Waals surface area contributed by atoms with E-state index in [1.54, 1.807) is 4.90 Å². The lowest BCUT2D eigenvalue weighted by Gasteiger charge is -2.41. The third-order valence-electron chi connectivity index (χ3n) is 10.4. The first kappa shape index (κ1) is 32.6. The Labute approximate surface area is 278 Å². The SMILES string of the molecule is Cc1cc(C[C@@H](OC(=O)N2CCC(N3CCc4ccccc4NC3=O)CC2)C(=O)N2CCC(N3CCCCC3)CC2)cc(C)c1Cl. The molecular weight excluding hydrogens is 602 g/mol. The molecule has 0 spiro atoms. The van der Waals surface area contributed by atoms with E-state index < -0.39 is 12.2 Å². The van der Waals surface area contributed by atoms with Crippen LogP contribution in [0, 0.1) is 13.8 Å². The van der Waals surface area contributed by atoms with E-state index >= 15 is 0 Å². The molecule has 4 aliphatic rings. The van der Waals surface area contributed by atoms with Crippen molar-refractivity contribution in [3.63, 3.8) is 0 Å². The van der Waals surface area contributed by atoms with Crippen LogP contribution in [0.15, 0.2) is 36.4 Å². The third kappa shape index (κ3) is 7.46. The summed E-state index contributed by atoms with van der Waals surface area (Å²) in [5, 5.41) is 3.77. The molecule has 2 aromatic carbocycles. The van der Waals surface area contributed by atoms with Gasteiger partial charge in [0.2, 0.25) is 0 Å². The maximum absolute atomic E-state index is 14.0. The van der Waals surface area contributed by atoms with Crippen LogP contribution >= 0.6 is 11.6 Å². The van der Waals surface area contributed by atoms with Crippen LogP contribution in [0.25, 0.3) is 0 Å². The number of para-hydroxylation sites is 1. The van der Waals surface area contributed by atoms with Crippen molar-refractivity contribution in [2.75, 3.05) is 51.1 Å². The summed E-state index contributed by atoms with van der Waals surface area (Å²) >= 11 is 6.44. The number of fused-ring (bicyclic) bond motifs is 1. The highest BCUT2D eigenvalue weighted by Crippen LogP contribution is 2.27. The Kier molecular flexibility index (Phi) is 10.4. The standard InChI is InChI=1S/C36H48ClN5O4/c1-25-22-27(23-26(2)33(25)37)24-32(34(43)40-17-11-29(12-18-40)39-15-6-3-7-16-39)46-36(45)41-19-13-30(14-20-41)42-21-10-28-8-4-5-9-31(28)38-35(42)44/h4-5,8-9,22-23,29-30,32H,3,6-7,10-21,24H2,1-2H3,(H,38,44)/t32-/m1/s1. The van der Waals surface area contributed by atoms with Gasteiger partial charge in [0.15, 0.2) is 6.10 Å². The van der Waals surface area contributed by atoms with Gasteiger partial charge in [0.25, 0.3) is 5.91 Å². The van der Waals surface area contributed by atoms with E-state index in [1.165, 1.54) is 19.3 Å². The fourth-order valence-electron chi connectivity index (χ4n) is 7.78. The number of carbonyl (C=O) groups is 3. The van der Waals surface area contributed by atoms with Crippen LogP contribution in [0.3, 0.4) is 0 Å². The van der Waals surface area contributed by atoms with Gasteiger partial charge < -0.3 is 29.7 Å². The fraction of sp³-hybridized carbons (Fsp3) is 0.583. The van der Waals surface area contributed by atoms with Crippen molar-refractivity contribution < 1.29 is 19.1 Å². The number of aryl methyl sites for hydroxylation is 2. The summed E-state index contributed by atoms with van der Waals surface area (Å²) < 4.78 is 6.09. The van der Waals surface area contributed by atoms with Crippen LogP contribution in [0.1, 0.15) is 67.2 Å². The van der Waals surface area contributed by atoms with Gasteiger partial charge in [-0.3, -0.25) is 4.79 Å². The summed E-state index contributed by atoms with van der Waals surface area (Å²) in [4.78, 5) is 48.8. The molecule has 0 radical (unpaired) electrons. The molecule has 3 saturated heterocycles. The number of nitrogens with zero attached hydrogens (tertiary/aromatic N) is 4. The lowest BCUT2D eigenvalue weighted by molar-refractivity contribution is -0.142. The Bertz CT molecular complexity index is 1390. The van der Waals surface area contributed by atoms with Crippen molar-refractivity contribution in [3.8, 4) is 0 Å². The number of hydrogen-bond donors (Lipinski definition) is 1. The van der Waals surface area contributed by atoms with Gasteiger partial charge in [0.05, 0.1) is 0 Å². The Hall–Kier alpha value is -3.30. The highest BCUT2D eigenvalue weighted by Gasteiger charge is 2.36. The molecule has 46 heavy (non-hydrogen) atoms. The van der Waals surface area contributed by atoms with Crippen LogP contribution in [-0.4, -0.2) is 102 Å². The van der Waals surface area contributed by atoms with Crippen LogP contribution in [-0.2, 0) is 22.4 Å². The van der Waals surface area contributed by atoms with Gasteiger partial charge in [0, 0.05) is 61.9 Å². The molecule has 0 bridgehead atoms. The predicted octanol–water partition coefficient (Wildman–Crippen LogP) is 6.04. The Morgan fingerprint density at radius 2 is 1.50 bits per heavy atom. The second kappa shape index (κ2) is 14.6. The molecule has 4 amide bonds. The van der Waals surface area contributed by atoms with E-state index in [2.05, 4.69) is 16.3 Å². The number of likely N-dealkylation sites (tertiary alicyclic amines) is 3. The zero-order valence-corrected chi connectivity index (χ0v) is 28.1. The molecule has 2 aromatic rings. The number of piperidine rings is 3. The van der Waals surface area contributed by atoms with Gasteiger partial charge in [-0.25, -0.2) is 9.59 Å². The third-order valence-corrected chi connectivity index (χ3v) is 11.0. The van der Waals surface area contributed by atoms with Crippen molar-refractivity contribution >= 4 is 35.3 Å². The quantitative estimate of drug-likeness (QED) is 0.413. The van der Waals surface area contributed by atoms with Crippen molar-refractivity contribution in [2.45, 2.75) is 89.8 Å². The number of anilines is 1. The Morgan fingerprint density at radius 1 is 0.870 bits per heavy atom. The topological polar surface area (TPSA) is 85.4 Å². The summed E-state index contributed by atoms with van der Waals surface area (Å²) in [5.74, 6) is -0.119. The Morgan fingerprint density at radius 3 is 2.20 bits per heavy atom. The maximum Gasteiger partial charge on any atom is 0.410 e. The molecule has 9 nitrogen and oxygen atoms in total. The van der Waals surface area contributed by atoms with Gasteiger partial charge in [-0.15, -0.1) is 0 Å². The molecular formula is C36H48ClN5O4. The van der Waals surface area contributed by atoms with Crippen molar-refractivity contribution in [1.82, 2.24) is 19.6 Å². The van der Waals surface area contributed by atoms with E-state index in [1.807, 2.05) is 54.0 Å². The molecule has 4 heterocycles. The molecule has 6 rings (SSSR count). The molecule has 0 unspecified atom stereocenters. The predicted molar refractivity (Wildman–Crippen MR) is 180 cm³/mol. The minimum atomic E-state index is -0.911. The van der Waals surface area contributed by atoms with Crippen molar-refractivity contribution in [2.24, 2.45) is 0 Å². The molecule has 4 aliphatic heterocycles. The second-order valence-electron chi connectivity index (χ2n) is 13.5. The molecule has 3 fully saturated rings. The van der Waals surface area contributed by atoms with Crippen LogP contribution in [0.5, 0.6) is 0 Å². The van der Waals surface area contributed by atoms with Crippen molar-refractivity contribution in [1.29, 1.82) is 0 Å². The highest BCUT2D eigenvalue weighted by molar-refractivity contribution is 6.32. The average Bonchev–Trinajstić information content (AvgIpc) is 3.25. The summed E-state index contributed by atoms with van der Waals surface area (Å²) in [6.45, 7) is 9.18. The Balaban J connectivity index is 1.09. The number of rotatable bonds is 6. The van der Waals surface area contributed by atoms with Crippen LogP contribution < -0.4 is 5.32 Å². The van der Waals surface area contributed by atoms with E-state index in [0.717, 1.165) is 60.3 Å². The smallest absolute Gasteiger partial charge is 0.410 e. The van der Waals surface area contributed by atoms with Gasteiger partial charge in [-0.05, 0) is 100 Å². The molecule has 0 saturated carbocycles. The number of hydrogen-bond acceptors (Lipinski definition) is 5. The normalized spacial score (nSPS) is 20.9. The zero-order valence-electron chi connectivity index (χ0n) is 27.3. The number of benzene rings is 2. The number of amides is 4. The van der Waals surface area contributed by atoms with Crippen LogP contribution in [0.4, 0.5) is 15.3 Å². The monoisotopic (exact) mass is 649 g/mol. The van der Waals surface area contributed by atoms with E-state index in [-0.39, 0.29) is 18.0 Å². The van der Waals surface area contributed by atoms with Gasteiger partial charge in [0.1, 0.15) is 0 Å². The van der Waals surface area contributed by atoms with Gasteiger partial charge >= 0.3 is 12.1 Å². The van der Waals surface area contributed by atoms with Crippen molar-refractivity contribution in [3.05, 3.63) is 63.7 Å². The molecule has 1 atom stereocenters. The summed E-state index contributed by atoms with van der Waals surface area (Å²) in [6, 6.07) is 12.4. The largest absolute Gasteiger partial charge is 0.436 e. The minimum absolute atomic E-state index is 0.0389. The van der Waals surface area contributed by atoms with Gasteiger partial charge in [-0.1, -0.05) is 48.4 Å². The lowest BCUT2D eigenvalue weighted by Crippen LogP contribution is -2.53. The minimum Gasteiger partial charge on any atom is -0.436 e. The summed E-state index contributed by atoms with van der Waals surface area (Å²) in [5.41, 5.74) is 4.82. The number of nitrogens with one attached hydrogen (secondary N) is 1. The number of ether oxygens (including phenoxy) is 1. The number of urea groups is 1. The molecule has 0 aliphatic carbocycles. The lowest BCUT2D eigenvalue weighted by atomic mass is 9.98. The maximum atomic E-state index is 14.0. The first-order valence-electron chi connectivity index (χ1n) is 17.2. The molecule has 0 aromatic heterocycles. The average molecular weight is 650 g/mol. The van der Waals surface area contributed by atoms with Crippen LogP contribution in [0.2, 0.25) is 5.02 Å². The van der Waals surface area contributed by atoms with Gasteiger partial charge in [-0.2, -0.15) is 0 Å². The molecule has 10 heteroatoms. The highest BCUT2D eigenvalue weighted by atomic mass is 35.5. The summed E-state index contributed by atoms with van der Waals surface area (Å²) in [7, 11) is 0. The second-order valence-corrected chi connectivity index (χ2v) is 13.9. The molecule has 248 valence electrons. The fourth-order valence-corrected chi connectivity index (χ4v) is 7.89. The van der Waals surface area contributed by atoms with E-state index in [9.17, 15) is 14.4 Å². The number of halogens is 1. The zero-order chi connectivity index (χ0) is 32.2. The van der Waals surface area contributed by atoms with E-state index in [0.29, 0.717) is 63.1 Å².